The van der Waals surface area contributed by atoms with E-state index in [4.69, 9.17) is 9.47 Å². The monoisotopic (exact) mass is 572 g/mol. The molecule has 6 nitrogen and oxygen atoms in total. The minimum absolute atomic E-state index is 0.0401. The fraction of sp³-hybridized carbons (Fsp3) is 0.800. The summed E-state index contributed by atoms with van der Waals surface area (Å²) in [6.07, 6.45) is 12.0. The summed E-state index contributed by atoms with van der Waals surface area (Å²) in [6.45, 7) is 17.9. The SMILES string of the molecule is CC[C@H](CC[C@]1(C)CCC[C@@]2(C=O)[C@@H]3CC[C@H](OC(C)=O)C(C)(C)C3=C[C@H](OC(C)=O)[C@@H]12)[C@H](C)C[C@@H](O)C=C(C)C. The Hall–Kier alpha value is -1.95. The molecule has 3 aliphatic rings. The van der Waals surface area contributed by atoms with Gasteiger partial charge >= 0.3 is 11.9 Å². The van der Waals surface area contributed by atoms with Crippen LogP contribution in [0.3, 0.4) is 0 Å². The first kappa shape index (κ1) is 33.6. The highest BCUT2D eigenvalue weighted by molar-refractivity contribution is 5.69. The molecule has 0 spiro atoms. The lowest BCUT2D eigenvalue weighted by Gasteiger charge is -2.62. The van der Waals surface area contributed by atoms with E-state index in [9.17, 15) is 19.5 Å². The normalized spacial score (nSPS) is 34.5. The minimum atomic E-state index is -0.622. The van der Waals surface area contributed by atoms with Crippen LogP contribution in [0, 0.1) is 39.9 Å². The molecule has 0 aromatic heterocycles. The maximum Gasteiger partial charge on any atom is 0.303 e. The van der Waals surface area contributed by atoms with Crippen LogP contribution in [-0.2, 0) is 23.9 Å². The van der Waals surface area contributed by atoms with Gasteiger partial charge in [0, 0.05) is 30.6 Å². The van der Waals surface area contributed by atoms with Crippen molar-refractivity contribution in [2.24, 2.45) is 39.9 Å². The molecule has 6 heteroatoms. The summed E-state index contributed by atoms with van der Waals surface area (Å²) in [5, 5.41) is 10.6. The molecule has 2 saturated carbocycles. The first-order chi connectivity index (χ1) is 19.1. The highest BCUT2D eigenvalue weighted by Crippen LogP contribution is 2.65. The van der Waals surface area contributed by atoms with E-state index in [-0.39, 0.29) is 35.3 Å². The third kappa shape index (κ3) is 7.00. The fourth-order valence-corrected chi connectivity index (χ4v) is 9.11. The summed E-state index contributed by atoms with van der Waals surface area (Å²) in [4.78, 5) is 37.8. The van der Waals surface area contributed by atoms with E-state index in [0.717, 1.165) is 68.9 Å². The molecule has 0 saturated heterocycles. The van der Waals surface area contributed by atoms with Gasteiger partial charge in [0.2, 0.25) is 0 Å². The number of esters is 2. The van der Waals surface area contributed by atoms with Gasteiger partial charge < -0.3 is 19.4 Å². The van der Waals surface area contributed by atoms with Gasteiger partial charge in [0.05, 0.1) is 6.10 Å². The Labute approximate surface area is 248 Å². The quantitative estimate of drug-likeness (QED) is 0.158. The van der Waals surface area contributed by atoms with Crippen molar-refractivity contribution in [2.45, 2.75) is 138 Å². The molecule has 0 aliphatic heterocycles. The predicted molar refractivity (Wildman–Crippen MR) is 162 cm³/mol. The maximum absolute atomic E-state index is 13.4. The zero-order chi connectivity index (χ0) is 30.8. The third-order valence-electron chi connectivity index (χ3n) is 11.0. The van der Waals surface area contributed by atoms with Crippen molar-refractivity contribution < 1.29 is 29.0 Å². The molecule has 0 unspecified atom stereocenters. The molecule has 3 rings (SSSR count). The first-order valence-electron chi connectivity index (χ1n) is 16.0. The van der Waals surface area contributed by atoms with Crippen LogP contribution in [0.15, 0.2) is 23.3 Å². The van der Waals surface area contributed by atoms with E-state index in [1.807, 2.05) is 19.9 Å². The second kappa shape index (κ2) is 13.1. The number of aliphatic hydroxyl groups is 1. The van der Waals surface area contributed by atoms with Gasteiger partial charge in [0.25, 0.3) is 0 Å². The van der Waals surface area contributed by atoms with Crippen molar-refractivity contribution in [1.82, 2.24) is 0 Å². The van der Waals surface area contributed by atoms with Crippen molar-refractivity contribution in [3.8, 4) is 0 Å². The summed E-state index contributed by atoms with van der Waals surface area (Å²) in [7, 11) is 0. The van der Waals surface area contributed by atoms with Crippen LogP contribution in [-0.4, -0.2) is 41.6 Å². The van der Waals surface area contributed by atoms with Gasteiger partial charge in [0.15, 0.2) is 0 Å². The maximum atomic E-state index is 13.4. The lowest BCUT2D eigenvalue weighted by molar-refractivity contribution is -0.175. The summed E-state index contributed by atoms with van der Waals surface area (Å²) in [5.74, 6) is 0.127. The van der Waals surface area contributed by atoms with Gasteiger partial charge in [0.1, 0.15) is 18.5 Å². The second-order valence-electron chi connectivity index (χ2n) is 14.6. The third-order valence-corrected chi connectivity index (χ3v) is 11.0. The highest BCUT2D eigenvalue weighted by Gasteiger charge is 2.63. The fourth-order valence-electron chi connectivity index (χ4n) is 9.11. The lowest BCUT2D eigenvalue weighted by Crippen LogP contribution is -2.61. The van der Waals surface area contributed by atoms with E-state index in [1.54, 1.807) is 0 Å². The van der Waals surface area contributed by atoms with Crippen molar-refractivity contribution in [3.05, 3.63) is 23.3 Å². The van der Waals surface area contributed by atoms with Gasteiger partial charge in [-0.2, -0.15) is 0 Å². The van der Waals surface area contributed by atoms with Crippen LogP contribution in [0.25, 0.3) is 0 Å². The number of carbonyl (C=O) groups is 3. The Morgan fingerprint density at radius 2 is 1.73 bits per heavy atom. The van der Waals surface area contributed by atoms with E-state index in [1.165, 1.54) is 20.1 Å². The van der Waals surface area contributed by atoms with E-state index in [0.29, 0.717) is 11.8 Å². The molecule has 3 aliphatic carbocycles. The number of ether oxygens (including phenoxy) is 2. The van der Waals surface area contributed by atoms with Crippen molar-refractivity contribution >= 4 is 18.2 Å². The number of fused-ring (bicyclic) bond motifs is 3. The molecule has 2 fully saturated rings. The zero-order valence-electron chi connectivity index (χ0n) is 27.1. The average molecular weight is 573 g/mol. The average Bonchev–Trinajstić information content (AvgIpc) is 2.85. The number of hydrogen-bond acceptors (Lipinski definition) is 6. The summed E-state index contributed by atoms with van der Waals surface area (Å²) in [5.41, 5.74) is 0.967. The summed E-state index contributed by atoms with van der Waals surface area (Å²) >= 11 is 0. The molecule has 0 heterocycles. The smallest absolute Gasteiger partial charge is 0.303 e. The molecule has 0 radical (unpaired) electrons. The standard InChI is InChI=1S/C35H56O6/c1-10-26(23(4)19-27(39)18-22(2)3)14-17-34(9)15-11-16-35(21-36)28-12-13-31(41-25(6)38)33(7,8)29(28)20-30(32(34)35)40-24(5)37/h18,20-21,23,26-28,30-32,39H,10-17,19H2,1-9H3/t23-,26-,27+,28-,30+,31+,32+,34+,35-/m1/s1. The molecule has 1 N–H and O–H groups in total. The van der Waals surface area contributed by atoms with Crippen LogP contribution in [0.4, 0.5) is 0 Å². The molecular formula is C35H56O6. The van der Waals surface area contributed by atoms with Gasteiger partial charge in [-0.15, -0.1) is 0 Å². The number of aldehydes is 1. The summed E-state index contributed by atoms with van der Waals surface area (Å²) < 4.78 is 11.9. The number of hydrogen-bond donors (Lipinski definition) is 1. The minimum Gasteiger partial charge on any atom is -0.462 e. The topological polar surface area (TPSA) is 89.9 Å². The molecule has 41 heavy (non-hydrogen) atoms. The van der Waals surface area contributed by atoms with Gasteiger partial charge in [-0.25, -0.2) is 0 Å². The van der Waals surface area contributed by atoms with Crippen molar-refractivity contribution in [1.29, 1.82) is 0 Å². The molecular weight excluding hydrogens is 516 g/mol. The second-order valence-corrected chi connectivity index (χ2v) is 14.6. The Bertz CT molecular complexity index is 1020. The number of rotatable bonds is 11. The zero-order valence-corrected chi connectivity index (χ0v) is 27.1. The van der Waals surface area contributed by atoms with Gasteiger partial charge in [-0.1, -0.05) is 64.7 Å². The van der Waals surface area contributed by atoms with Gasteiger partial charge in [-0.05, 0) is 88.0 Å². The Kier molecular flexibility index (Phi) is 10.8. The molecule has 0 aromatic rings. The Balaban J connectivity index is 1.98. The van der Waals surface area contributed by atoms with Gasteiger partial charge in [-0.3, -0.25) is 9.59 Å². The summed E-state index contributed by atoms with van der Waals surface area (Å²) in [6, 6.07) is 0. The van der Waals surface area contributed by atoms with Crippen LogP contribution in [0.5, 0.6) is 0 Å². The van der Waals surface area contributed by atoms with Crippen molar-refractivity contribution in [3.63, 3.8) is 0 Å². The molecule has 232 valence electrons. The molecule has 0 amide bonds. The van der Waals surface area contributed by atoms with E-state index in [2.05, 4.69) is 40.7 Å². The van der Waals surface area contributed by atoms with Crippen LogP contribution in [0.1, 0.15) is 120 Å². The molecule has 0 aromatic carbocycles. The van der Waals surface area contributed by atoms with E-state index < -0.39 is 23.0 Å². The van der Waals surface area contributed by atoms with Crippen LogP contribution >= 0.6 is 0 Å². The van der Waals surface area contributed by atoms with Crippen LogP contribution < -0.4 is 0 Å². The van der Waals surface area contributed by atoms with Crippen molar-refractivity contribution in [2.75, 3.05) is 0 Å². The molecule has 9 atom stereocenters. The number of aliphatic hydroxyl groups excluding tert-OH is 1. The Morgan fingerprint density at radius 1 is 1.07 bits per heavy atom. The predicted octanol–water partition coefficient (Wildman–Crippen LogP) is 7.38. The number of carbonyl (C=O) groups excluding carboxylic acids is 3. The first-order valence-corrected chi connectivity index (χ1v) is 16.0. The largest absolute Gasteiger partial charge is 0.462 e. The molecule has 0 bridgehead atoms. The van der Waals surface area contributed by atoms with E-state index >= 15 is 0 Å². The highest BCUT2D eigenvalue weighted by atomic mass is 16.5. The Morgan fingerprint density at radius 3 is 2.29 bits per heavy atom. The number of allylic oxidation sites excluding steroid dienone is 1. The van der Waals surface area contributed by atoms with Crippen LogP contribution in [0.2, 0.25) is 0 Å². The lowest BCUT2D eigenvalue weighted by atomic mass is 9.43.